The van der Waals surface area contributed by atoms with E-state index in [4.69, 9.17) is 0 Å². The second-order valence-electron chi connectivity index (χ2n) is 4.03. The standard InChI is InChI=1S/C11H26N2/c1-5-7-11(8-6-2)12-9-10-13(3)4/h11-12H,5-10H2,1-4H3. The molecular weight excluding hydrogens is 160 g/mol. The first-order valence-corrected chi connectivity index (χ1v) is 5.58. The Morgan fingerprint density at radius 3 is 2.00 bits per heavy atom. The summed E-state index contributed by atoms with van der Waals surface area (Å²) in [5, 5.41) is 3.61. The van der Waals surface area contributed by atoms with Gasteiger partial charge in [-0.25, -0.2) is 0 Å². The molecule has 0 aromatic rings. The van der Waals surface area contributed by atoms with Gasteiger partial charge in [-0.1, -0.05) is 26.7 Å². The van der Waals surface area contributed by atoms with Gasteiger partial charge in [-0.05, 0) is 26.9 Å². The molecule has 2 nitrogen and oxygen atoms in total. The van der Waals surface area contributed by atoms with Crippen LogP contribution in [0.3, 0.4) is 0 Å². The zero-order valence-electron chi connectivity index (χ0n) is 9.77. The quantitative estimate of drug-likeness (QED) is 0.624. The number of likely N-dealkylation sites (N-methyl/N-ethyl adjacent to an activating group) is 1. The van der Waals surface area contributed by atoms with Crippen LogP contribution in [-0.4, -0.2) is 38.1 Å². The SMILES string of the molecule is CCCC(CCC)NCCN(C)C. The summed E-state index contributed by atoms with van der Waals surface area (Å²) >= 11 is 0. The van der Waals surface area contributed by atoms with E-state index in [1.807, 2.05) is 0 Å². The van der Waals surface area contributed by atoms with Gasteiger partial charge >= 0.3 is 0 Å². The van der Waals surface area contributed by atoms with Crippen molar-refractivity contribution in [3.8, 4) is 0 Å². The fourth-order valence-electron chi connectivity index (χ4n) is 1.54. The molecule has 0 aliphatic carbocycles. The second-order valence-corrected chi connectivity index (χ2v) is 4.03. The van der Waals surface area contributed by atoms with Crippen molar-refractivity contribution in [3.05, 3.63) is 0 Å². The first-order chi connectivity index (χ1) is 6.20. The van der Waals surface area contributed by atoms with Crippen molar-refractivity contribution in [2.24, 2.45) is 0 Å². The average Bonchev–Trinajstić information content (AvgIpc) is 2.04. The number of rotatable bonds is 8. The number of nitrogens with zero attached hydrogens (tertiary/aromatic N) is 1. The van der Waals surface area contributed by atoms with Crippen molar-refractivity contribution in [2.75, 3.05) is 27.2 Å². The zero-order chi connectivity index (χ0) is 10.1. The Balaban J connectivity index is 3.44. The van der Waals surface area contributed by atoms with E-state index in [1.54, 1.807) is 0 Å². The second kappa shape index (κ2) is 8.52. The zero-order valence-corrected chi connectivity index (χ0v) is 9.77. The summed E-state index contributed by atoms with van der Waals surface area (Å²) < 4.78 is 0. The number of hydrogen-bond donors (Lipinski definition) is 1. The highest BCUT2D eigenvalue weighted by atomic mass is 15.1. The lowest BCUT2D eigenvalue weighted by Crippen LogP contribution is -2.34. The Hall–Kier alpha value is -0.0800. The molecule has 1 N–H and O–H groups in total. The summed E-state index contributed by atoms with van der Waals surface area (Å²) in [5.74, 6) is 0. The molecule has 0 saturated heterocycles. The summed E-state index contributed by atoms with van der Waals surface area (Å²) in [6.07, 6.45) is 5.22. The molecule has 0 aliphatic heterocycles. The predicted molar refractivity (Wildman–Crippen MR) is 60.2 cm³/mol. The highest BCUT2D eigenvalue weighted by molar-refractivity contribution is 4.65. The third kappa shape index (κ3) is 8.26. The minimum Gasteiger partial charge on any atom is -0.313 e. The Morgan fingerprint density at radius 2 is 1.62 bits per heavy atom. The van der Waals surface area contributed by atoms with Crippen LogP contribution in [0.25, 0.3) is 0 Å². The van der Waals surface area contributed by atoms with Gasteiger partial charge in [0.15, 0.2) is 0 Å². The maximum Gasteiger partial charge on any atom is 0.0101 e. The molecule has 2 heteroatoms. The average molecular weight is 186 g/mol. The van der Waals surface area contributed by atoms with Crippen molar-refractivity contribution < 1.29 is 0 Å². The Labute approximate surface area is 83.7 Å². The van der Waals surface area contributed by atoms with Crippen LogP contribution in [0.1, 0.15) is 39.5 Å². The van der Waals surface area contributed by atoms with E-state index < -0.39 is 0 Å². The van der Waals surface area contributed by atoms with Crippen LogP contribution in [0.15, 0.2) is 0 Å². The summed E-state index contributed by atoms with van der Waals surface area (Å²) in [6.45, 7) is 6.79. The molecule has 13 heavy (non-hydrogen) atoms. The third-order valence-electron chi connectivity index (χ3n) is 2.27. The lowest BCUT2D eigenvalue weighted by atomic mass is 10.1. The van der Waals surface area contributed by atoms with Crippen LogP contribution in [0.2, 0.25) is 0 Å². The Kier molecular flexibility index (Phi) is 8.46. The van der Waals surface area contributed by atoms with E-state index in [0.29, 0.717) is 0 Å². The van der Waals surface area contributed by atoms with Crippen molar-refractivity contribution in [1.82, 2.24) is 10.2 Å². The first kappa shape index (κ1) is 12.9. The first-order valence-electron chi connectivity index (χ1n) is 5.58. The lowest BCUT2D eigenvalue weighted by molar-refractivity contribution is 0.367. The van der Waals surface area contributed by atoms with E-state index in [9.17, 15) is 0 Å². The van der Waals surface area contributed by atoms with Crippen molar-refractivity contribution in [2.45, 2.75) is 45.6 Å². The largest absolute Gasteiger partial charge is 0.313 e. The topological polar surface area (TPSA) is 15.3 Å². The van der Waals surface area contributed by atoms with Crippen LogP contribution in [0.4, 0.5) is 0 Å². The highest BCUT2D eigenvalue weighted by Crippen LogP contribution is 2.03. The van der Waals surface area contributed by atoms with Gasteiger partial charge in [0.25, 0.3) is 0 Å². The maximum atomic E-state index is 3.61. The van der Waals surface area contributed by atoms with Gasteiger partial charge in [-0.3, -0.25) is 0 Å². The predicted octanol–water partition coefficient (Wildman–Crippen LogP) is 2.11. The van der Waals surface area contributed by atoms with E-state index in [1.165, 1.54) is 25.7 Å². The van der Waals surface area contributed by atoms with Crippen LogP contribution < -0.4 is 5.32 Å². The van der Waals surface area contributed by atoms with Gasteiger partial charge in [0, 0.05) is 19.1 Å². The van der Waals surface area contributed by atoms with Gasteiger partial charge < -0.3 is 10.2 Å². The van der Waals surface area contributed by atoms with Gasteiger partial charge in [0.2, 0.25) is 0 Å². The molecular formula is C11H26N2. The molecule has 0 amide bonds. The Bertz CT molecular complexity index is 96.3. The van der Waals surface area contributed by atoms with Crippen LogP contribution in [0, 0.1) is 0 Å². The van der Waals surface area contributed by atoms with Crippen LogP contribution in [0.5, 0.6) is 0 Å². The van der Waals surface area contributed by atoms with Gasteiger partial charge in [0.05, 0.1) is 0 Å². The van der Waals surface area contributed by atoms with Gasteiger partial charge in [-0.2, -0.15) is 0 Å². The van der Waals surface area contributed by atoms with Crippen molar-refractivity contribution >= 4 is 0 Å². The smallest absolute Gasteiger partial charge is 0.0101 e. The molecule has 0 radical (unpaired) electrons. The molecule has 0 heterocycles. The minimum atomic E-state index is 0.745. The normalized spacial score (nSPS) is 11.5. The fraction of sp³-hybridized carbons (Fsp3) is 1.00. The molecule has 80 valence electrons. The molecule has 0 fully saturated rings. The third-order valence-corrected chi connectivity index (χ3v) is 2.27. The van der Waals surface area contributed by atoms with Gasteiger partial charge in [0.1, 0.15) is 0 Å². The van der Waals surface area contributed by atoms with Crippen molar-refractivity contribution in [3.63, 3.8) is 0 Å². The number of hydrogen-bond acceptors (Lipinski definition) is 2. The van der Waals surface area contributed by atoms with Crippen LogP contribution >= 0.6 is 0 Å². The fourth-order valence-corrected chi connectivity index (χ4v) is 1.54. The Morgan fingerprint density at radius 1 is 1.08 bits per heavy atom. The molecule has 0 saturated carbocycles. The van der Waals surface area contributed by atoms with E-state index >= 15 is 0 Å². The molecule has 0 bridgehead atoms. The lowest BCUT2D eigenvalue weighted by Gasteiger charge is -2.18. The molecule has 0 rings (SSSR count). The molecule has 0 spiro atoms. The minimum absolute atomic E-state index is 0.745. The number of nitrogens with one attached hydrogen (secondary N) is 1. The van der Waals surface area contributed by atoms with Crippen molar-refractivity contribution in [1.29, 1.82) is 0 Å². The van der Waals surface area contributed by atoms with E-state index in [2.05, 4.69) is 38.2 Å². The van der Waals surface area contributed by atoms with E-state index in [-0.39, 0.29) is 0 Å². The van der Waals surface area contributed by atoms with Gasteiger partial charge in [-0.15, -0.1) is 0 Å². The molecule has 0 aromatic heterocycles. The molecule has 0 aliphatic rings. The summed E-state index contributed by atoms with van der Waals surface area (Å²) in [6, 6.07) is 0.745. The van der Waals surface area contributed by atoms with E-state index in [0.717, 1.165) is 19.1 Å². The molecule has 0 unspecified atom stereocenters. The highest BCUT2D eigenvalue weighted by Gasteiger charge is 2.04. The summed E-state index contributed by atoms with van der Waals surface area (Å²) in [5.41, 5.74) is 0. The summed E-state index contributed by atoms with van der Waals surface area (Å²) in [7, 11) is 4.24. The maximum absolute atomic E-state index is 3.61. The van der Waals surface area contributed by atoms with Crippen LogP contribution in [-0.2, 0) is 0 Å². The monoisotopic (exact) mass is 186 g/mol. The molecule has 0 atom stereocenters. The molecule has 0 aromatic carbocycles. The summed E-state index contributed by atoms with van der Waals surface area (Å²) in [4.78, 5) is 2.22.